The molecule has 0 bridgehead atoms. The van der Waals surface area contributed by atoms with Gasteiger partial charge in [-0.25, -0.2) is 0 Å². The van der Waals surface area contributed by atoms with E-state index in [0.717, 1.165) is 4.90 Å². The fourth-order valence-corrected chi connectivity index (χ4v) is 4.70. The maximum atomic E-state index is 12.9. The first-order valence-corrected chi connectivity index (χ1v) is 13.4. The molecule has 0 unspecified atom stereocenters. The van der Waals surface area contributed by atoms with Crippen molar-refractivity contribution in [2.75, 3.05) is 32.2 Å². The number of para-hydroxylation sites is 2. The predicted molar refractivity (Wildman–Crippen MR) is 155 cm³/mol. The summed E-state index contributed by atoms with van der Waals surface area (Å²) in [7, 11) is 1.42. The number of Topliss-reactive ketones (excluding diaryl/α,β-unsaturated/α-hetero) is 1. The van der Waals surface area contributed by atoms with Gasteiger partial charge in [0.1, 0.15) is 5.75 Å². The maximum absolute atomic E-state index is 12.9. The number of ketones is 1. The van der Waals surface area contributed by atoms with Crippen LogP contribution >= 0.6 is 11.8 Å². The summed E-state index contributed by atoms with van der Waals surface area (Å²) in [6.45, 7) is 1.47. The third-order valence-electron chi connectivity index (χ3n) is 5.88. The minimum absolute atomic E-state index is 0.0968. The zero-order valence-electron chi connectivity index (χ0n) is 22.5. The number of benzene rings is 3. The molecule has 3 aromatic carbocycles. The van der Waals surface area contributed by atoms with Crippen molar-refractivity contribution < 1.29 is 38.3 Å². The second-order valence-electron chi connectivity index (χ2n) is 8.67. The Morgan fingerprint density at radius 3 is 2.43 bits per heavy atom. The Morgan fingerprint density at radius 2 is 1.74 bits per heavy atom. The van der Waals surface area contributed by atoms with Crippen molar-refractivity contribution >= 4 is 52.0 Å². The van der Waals surface area contributed by atoms with Crippen LogP contribution in [0, 0.1) is 10.1 Å². The lowest BCUT2D eigenvalue weighted by atomic mass is 10.1. The van der Waals surface area contributed by atoms with Crippen molar-refractivity contribution in [3.63, 3.8) is 0 Å². The molecule has 3 amide bonds. The van der Waals surface area contributed by atoms with Crippen LogP contribution in [0.2, 0.25) is 0 Å². The first-order valence-electron chi connectivity index (χ1n) is 12.6. The molecular formula is C29H25N3O9S. The Morgan fingerprint density at radius 1 is 1.00 bits per heavy atom. The zero-order valence-corrected chi connectivity index (χ0v) is 23.3. The summed E-state index contributed by atoms with van der Waals surface area (Å²) >= 11 is 0.679. The summed E-state index contributed by atoms with van der Waals surface area (Å²) in [6, 6.07) is 16.7. The van der Waals surface area contributed by atoms with Gasteiger partial charge in [-0.05, 0) is 66.7 Å². The second kappa shape index (κ2) is 13.5. The molecule has 12 nitrogen and oxygen atoms in total. The molecule has 1 aliphatic rings. The molecule has 0 radical (unpaired) electrons. The zero-order chi connectivity index (χ0) is 30.2. The number of hydrogen-bond donors (Lipinski definition) is 1. The van der Waals surface area contributed by atoms with Crippen molar-refractivity contribution in [3.05, 3.63) is 92.9 Å². The third kappa shape index (κ3) is 7.12. The lowest BCUT2D eigenvalue weighted by Crippen LogP contribution is -2.33. The molecule has 1 aliphatic heterocycles. The molecule has 13 heteroatoms. The van der Waals surface area contributed by atoms with Gasteiger partial charge >= 0.3 is 0 Å². The van der Waals surface area contributed by atoms with Crippen LogP contribution in [0.25, 0.3) is 6.08 Å². The molecule has 0 aromatic heterocycles. The second-order valence-corrected chi connectivity index (χ2v) is 9.66. The van der Waals surface area contributed by atoms with E-state index in [9.17, 15) is 29.3 Å². The lowest BCUT2D eigenvalue weighted by Gasteiger charge is -2.13. The highest BCUT2D eigenvalue weighted by atomic mass is 32.2. The molecule has 4 rings (SSSR count). The number of nitro benzene ring substituents is 1. The number of amides is 3. The normalized spacial score (nSPS) is 13.7. The average molecular weight is 592 g/mol. The Kier molecular flexibility index (Phi) is 9.55. The molecule has 0 aliphatic carbocycles. The number of non-ortho nitro benzene ring substituents is 1. The van der Waals surface area contributed by atoms with E-state index in [1.54, 1.807) is 42.5 Å². The molecular weight excluding hydrogens is 566 g/mol. The van der Waals surface area contributed by atoms with Gasteiger partial charge in [-0.3, -0.25) is 34.2 Å². The number of thioether (sulfide) groups is 1. The van der Waals surface area contributed by atoms with Gasteiger partial charge in [0, 0.05) is 17.7 Å². The Bertz CT molecular complexity index is 1570. The van der Waals surface area contributed by atoms with Crippen LogP contribution in [0.1, 0.15) is 22.8 Å². The quantitative estimate of drug-likeness (QED) is 0.133. The van der Waals surface area contributed by atoms with Crippen LogP contribution in [0.3, 0.4) is 0 Å². The fourth-order valence-electron chi connectivity index (χ4n) is 3.87. The van der Waals surface area contributed by atoms with E-state index in [2.05, 4.69) is 5.32 Å². The minimum atomic E-state index is -0.649. The Balaban J connectivity index is 1.40. The SMILES string of the molecule is CCOc1ccccc1NC(=O)COc1ccc(/C=C2/SC(=O)N(CC(=O)c3ccc([N+](=O)[O-])cc3)C2=O)cc1OC. The number of nitrogens with one attached hydrogen (secondary N) is 1. The van der Waals surface area contributed by atoms with E-state index >= 15 is 0 Å². The highest BCUT2D eigenvalue weighted by Gasteiger charge is 2.36. The third-order valence-corrected chi connectivity index (χ3v) is 6.79. The summed E-state index contributed by atoms with van der Waals surface area (Å²) in [5.41, 5.74) is 0.982. The number of rotatable bonds is 12. The highest BCUT2D eigenvalue weighted by molar-refractivity contribution is 8.18. The van der Waals surface area contributed by atoms with Crippen LogP contribution in [-0.4, -0.2) is 59.5 Å². The summed E-state index contributed by atoms with van der Waals surface area (Å²) < 4.78 is 16.5. The van der Waals surface area contributed by atoms with Gasteiger partial charge < -0.3 is 19.5 Å². The molecule has 1 saturated heterocycles. The molecule has 1 fully saturated rings. The van der Waals surface area contributed by atoms with Crippen molar-refractivity contribution in [3.8, 4) is 17.2 Å². The van der Waals surface area contributed by atoms with E-state index in [0.29, 0.717) is 41.1 Å². The van der Waals surface area contributed by atoms with Gasteiger partial charge in [-0.2, -0.15) is 0 Å². The number of nitro groups is 1. The topological polar surface area (TPSA) is 154 Å². The van der Waals surface area contributed by atoms with Gasteiger partial charge in [-0.1, -0.05) is 18.2 Å². The monoisotopic (exact) mass is 591 g/mol. The summed E-state index contributed by atoms with van der Waals surface area (Å²) in [6.07, 6.45) is 1.48. The molecule has 3 aromatic rings. The summed E-state index contributed by atoms with van der Waals surface area (Å²) in [5.74, 6) is -0.491. The number of imide groups is 1. The van der Waals surface area contributed by atoms with Gasteiger partial charge in [0.2, 0.25) is 0 Å². The fraction of sp³-hybridized carbons (Fsp3) is 0.172. The number of nitrogens with zero attached hydrogens (tertiary/aromatic N) is 2. The van der Waals surface area contributed by atoms with Crippen molar-refractivity contribution in [1.82, 2.24) is 4.90 Å². The van der Waals surface area contributed by atoms with E-state index < -0.39 is 34.3 Å². The number of carbonyl (C=O) groups excluding carboxylic acids is 4. The van der Waals surface area contributed by atoms with Crippen LogP contribution in [0.4, 0.5) is 16.2 Å². The van der Waals surface area contributed by atoms with E-state index in [4.69, 9.17) is 14.2 Å². The van der Waals surface area contributed by atoms with Gasteiger partial charge in [0.15, 0.2) is 23.9 Å². The molecule has 1 heterocycles. The average Bonchev–Trinajstić information content (AvgIpc) is 3.24. The molecule has 0 spiro atoms. The van der Waals surface area contributed by atoms with Crippen LogP contribution in [-0.2, 0) is 9.59 Å². The first kappa shape index (κ1) is 29.8. The molecule has 0 saturated carbocycles. The molecule has 42 heavy (non-hydrogen) atoms. The smallest absolute Gasteiger partial charge is 0.293 e. The molecule has 216 valence electrons. The maximum Gasteiger partial charge on any atom is 0.293 e. The molecule has 0 atom stereocenters. The Hall–Kier alpha value is -5.17. The van der Waals surface area contributed by atoms with Crippen molar-refractivity contribution in [2.24, 2.45) is 0 Å². The summed E-state index contributed by atoms with van der Waals surface area (Å²) in [5, 5.41) is 12.9. The van der Waals surface area contributed by atoms with Crippen LogP contribution < -0.4 is 19.5 Å². The van der Waals surface area contributed by atoms with Crippen LogP contribution in [0.5, 0.6) is 17.2 Å². The van der Waals surface area contributed by atoms with Crippen molar-refractivity contribution in [1.29, 1.82) is 0 Å². The Labute approximate surface area is 244 Å². The largest absolute Gasteiger partial charge is 0.493 e. The number of hydrogen-bond acceptors (Lipinski definition) is 10. The predicted octanol–water partition coefficient (Wildman–Crippen LogP) is 4.94. The lowest BCUT2D eigenvalue weighted by molar-refractivity contribution is -0.384. The van der Waals surface area contributed by atoms with Gasteiger partial charge in [0.05, 0.1) is 35.8 Å². The summed E-state index contributed by atoms with van der Waals surface area (Å²) in [4.78, 5) is 61.6. The molecule has 1 N–H and O–H groups in total. The van der Waals surface area contributed by atoms with E-state index in [-0.39, 0.29) is 28.5 Å². The van der Waals surface area contributed by atoms with E-state index in [1.165, 1.54) is 37.5 Å². The van der Waals surface area contributed by atoms with Gasteiger partial charge in [0.25, 0.3) is 22.7 Å². The van der Waals surface area contributed by atoms with Crippen LogP contribution in [0.15, 0.2) is 71.6 Å². The number of carbonyl (C=O) groups is 4. The number of anilines is 1. The minimum Gasteiger partial charge on any atom is -0.493 e. The first-order chi connectivity index (χ1) is 20.2. The van der Waals surface area contributed by atoms with E-state index in [1.807, 2.05) is 6.92 Å². The standard InChI is InChI=1S/C29H25N3O9S/c1-3-40-23-7-5-4-6-21(23)30-27(34)17-41-24-13-8-18(14-25(24)39-2)15-26-28(35)31(29(36)42-26)16-22(33)19-9-11-20(12-10-19)32(37)38/h4-15H,3,16-17H2,1-2H3,(H,30,34)/b26-15+. The number of ether oxygens (including phenoxy) is 3. The highest BCUT2D eigenvalue weighted by Crippen LogP contribution is 2.35. The number of methoxy groups -OCH3 is 1. The van der Waals surface area contributed by atoms with Crippen molar-refractivity contribution in [2.45, 2.75) is 6.92 Å². The van der Waals surface area contributed by atoms with Gasteiger partial charge in [-0.15, -0.1) is 0 Å².